The molecule has 1 amide bonds. The van der Waals surface area contributed by atoms with Gasteiger partial charge in [0.2, 0.25) is 0 Å². The van der Waals surface area contributed by atoms with Crippen LogP contribution in [0.25, 0.3) is 0 Å². The number of amides is 1. The van der Waals surface area contributed by atoms with Crippen molar-refractivity contribution in [2.75, 3.05) is 18.4 Å². The molecule has 0 saturated carbocycles. The minimum absolute atomic E-state index is 0.0496. The van der Waals surface area contributed by atoms with Crippen molar-refractivity contribution < 1.29 is 4.79 Å². The molecule has 0 bridgehead atoms. The number of aryl methyl sites for hydroxylation is 2. The van der Waals surface area contributed by atoms with Crippen molar-refractivity contribution in [2.24, 2.45) is 0 Å². The summed E-state index contributed by atoms with van der Waals surface area (Å²) in [5, 5.41) is 3.01. The zero-order valence-corrected chi connectivity index (χ0v) is 14.6. The van der Waals surface area contributed by atoms with Crippen LogP contribution in [0.1, 0.15) is 46.3 Å². The van der Waals surface area contributed by atoms with Crippen molar-refractivity contribution in [3.63, 3.8) is 0 Å². The Hall–Kier alpha value is -2.13. The molecule has 0 spiro atoms. The number of nitrogens with one attached hydrogen (secondary N) is 1. The summed E-state index contributed by atoms with van der Waals surface area (Å²) in [4.78, 5) is 14.9. The first kappa shape index (κ1) is 16.7. The van der Waals surface area contributed by atoms with Crippen molar-refractivity contribution in [1.29, 1.82) is 0 Å². The molecular weight excluding hydrogens is 296 g/mol. The highest BCUT2D eigenvalue weighted by Crippen LogP contribution is 2.18. The van der Waals surface area contributed by atoms with Crippen LogP contribution in [0.15, 0.2) is 42.5 Å². The van der Waals surface area contributed by atoms with Crippen molar-refractivity contribution in [2.45, 2.75) is 39.7 Å². The molecule has 3 heteroatoms. The molecule has 0 unspecified atom stereocenters. The molecule has 0 aromatic heterocycles. The van der Waals surface area contributed by atoms with Crippen LogP contribution in [0, 0.1) is 13.8 Å². The van der Waals surface area contributed by atoms with Gasteiger partial charge in [-0.2, -0.15) is 0 Å². The summed E-state index contributed by atoms with van der Waals surface area (Å²) in [6.07, 6.45) is 3.96. The summed E-state index contributed by atoms with van der Waals surface area (Å²) < 4.78 is 0. The highest BCUT2D eigenvalue weighted by atomic mass is 16.1. The molecule has 126 valence electrons. The average Bonchev–Trinajstić information content (AvgIpc) is 2.59. The number of carbonyl (C=O) groups excluding carboxylic acids is 1. The molecule has 0 atom stereocenters. The van der Waals surface area contributed by atoms with E-state index in [2.05, 4.69) is 35.3 Å². The van der Waals surface area contributed by atoms with Crippen molar-refractivity contribution >= 4 is 11.6 Å². The topological polar surface area (TPSA) is 32.3 Å². The lowest BCUT2D eigenvalue weighted by atomic mass is 10.1. The fraction of sp³-hybridized carbons (Fsp3) is 0.381. The summed E-state index contributed by atoms with van der Waals surface area (Å²) in [6, 6.07) is 14.1. The summed E-state index contributed by atoms with van der Waals surface area (Å²) >= 11 is 0. The Kier molecular flexibility index (Phi) is 5.31. The van der Waals surface area contributed by atoms with E-state index in [-0.39, 0.29) is 5.91 Å². The first-order valence-corrected chi connectivity index (χ1v) is 8.82. The number of hydrogen-bond donors (Lipinski definition) is 1. The largest absolute Gasteiger partial charge is 0.322 e. The molecule has 3 rings (SSSR count). The van der Waals surface area contributed by atoms with Crippen LogP contribution in [-0.2, 0) is 6.54 Å². The Labute approximate surface area is 144 Å². The number of likely N-dealkylation sites (tertiary alicyclic amines) is 1. The van der Waals surface area contributed by atoms with Gasteiger partial charge in [-0.05, 0) is 69.1 Å². The Bertz CT molecular complexity index is 700. The number of anilines is 1. The average molecular weight is 322 g/mol. The molecule has 1 fully saturated rings. The van der Waals surface area contributed by atoms with Gasteiger partial charge in [0.1, 0.15) is 0 Å². The first-order chi connectivity index (χ1) is 11.6. The van der Waals surface area contributed by atoms with Gasteiger partial charge in [-0.15, -0.1) is 0 Å². The van der Waals surface area contributed by atoms with Crippen molar-refractivity contribution in [3.05, 3.63) is 64.7 Å². The van der Waals surface area contributed by atoms with Gasteiger partial charge in [-0.1, -0.05) is 36.2 Å². The third-order valence-electron chi connectivity index (χ3n) is 4.70. The Balaban J connectivity index is 1.62. The Morgan fingerprint density at radius 1 is 1.00 bits per heavy atom. The number of piperidine rings is 1. The predicted molar refractivity (Wildman–Crippen MR) is 99.4 cm³/mol. The lowest BCUT2D eigenvalue weighted by Crippen LogP contribution is -2.29. The molecule has 1 saturated heterocycles. The predicted octanol–water partition coefficient (Wildman–Crippen LogP) is 4.54. The highest BCUT2D eigenvalue weighted by molar-refractivity contribution is 6.04. The zero-order valence-electron chi connectivity index (χ0n) is 14.6. The number of hydrogen-bond acceptors (Lipinski definition) is 2. The minimum Gasteiger partial charge on any atom is -0.322 e. The third-order valence-corrected chi connectivity index (χ3v) is 4.70. The zero-order chi connectivity index (χ0) is 16.9. The van der Waals surface area contributed by atoms with E-state index in [1.165, 1.54) is 43.5 Å². The molecule has 1 N–H and O–H groups in total. The smallest absolute Gasteiger partial charge is 0.255 e. The van der Waals surface area contributed by atoms with Gasteiger partial charge >= 0.3 is 0 Å². The van der Waals surface area contributed by atoms with E-state index >= 15 is 0 Å². The van der Waals surface area contributed by atoms with Gasteiger partial charge < -0.3 is 5.32 Å². The van der Waals surface area contributed by atoms with Crippen LogP contribution >= 0.6 is 0 Å². The third kappa shape index (κ3) is 4.24. The molecule has 0 aliphatic carbocycles. The van der Waals surface area contributed by atoms with E-state index in [1.807, 2.05) is 31.2 Å². The van der Waals surface area contributed by atoms with Gasteiger partial charge in [0.05, 0.1) is 0 Å². The maximum atomic E-state index is 12.4. The number of nitrogens with zero attached hydrogens (tertiary/aromatic N) is 1. The van der Waals surface area contributed by atoms with Crippen LogP contribution in [-0.4, -0.2) is 23.9 Å². The molecule has 0 radical (unpaired) electrons. The van der Waals surface area contributed by atoms with Gasteiger partial charge in [0.25, 0.3) is 5.91 Å². The SMILES string of the molecule is Cc1ccc(NC(=O)c2ccc(CN3CCCCC3)cc2)c(C)c1. The van der Waals surface area contributed by atoms with Crippen molar-refractivity contribution in [1.82, 2.24) is 4.90 Å². The number of benzene rings is 2. The number of carbonyl (C=O) groups is 1. The summed E-state index contributed by atoms with van der Waals surface area (Å²) in [5.41, 5.74) is 5.15. The number of rotatable bonds is 4. The molecule has 1 aliphatic rings. The van der Waals surface area contributed by atoms with Gasteiger partial charge in [-0.25, -0.2) is 0 Å². The highest BCUT2D eigenvalue weighted by Gasteiger charge is 2.11. The minimum atomic E-state index is -0.0496. The lowest BCUT2D eigenvalue weighted by Gasteiger charge is -2.26. The quantitative estimate of drug-likeness (QED) is 0.896. The summed E-state index contributed by atoms with van der Waals surface area (Å²) in [6.45, 7) is 7.44. The second kappa shape index (κ2) is 7.63. The molecule has 3 nitrogen and oxygen atoms in total. The van der Waals surface area contributed by atoms with Crippen LogP contribution in [0.4, 0.5) is 5.69 Å². The van der Waals surface area contributed by atoms with E-state index in [1.54, 1.807) is 0 Å². The van der Waals surface area contributed by atoms with Crippen molar-refractivity contribution in [3.8, 4) is 0 Å². The van der Waals surface area contributed by atoms with Gasteiger partial charge in [0, 0.05) is 17.8 Å². The second-order valence-electron chi connectivity index (χ2n) is 6.81. The van der Waals surface area contributed by atoms with Crippen LogP contribution in [0.3, 0.4) is 0 Å². The van der Waals surface area contributed by atoms with E-state index in [4.69, 9.17) is 0 Å². The maximum absolute atomic E-state index is 12.4. The fourth-order valence-corrected chi connectivity index (χ4v) is 3.29. The van der Waals surface area contributed by atoms with E-state index in [0.29, 0.717) is 5.56 Å². The van der Waals surface area contributed by atoms with E-state index in [0.717, 1.165) is 17.8 Å². The monoisotopic (exact) mass is 322 g/mol. The summed E-state index contributed by atoms with van der Waals surface area (Å²) in [7, 11) is 0. The van der Waals surface area contributed by atoms with Crippen LogP contribution in [0.5, 0.6) is 0 Å². The Morgan fingerprint density at radius 2 is 1.71 bits per heavy atom. The van der Waals surface area contributed by atoms with Gasteiger partial charge in [-0.3, -0.25) is 9.69 Å². The standard InChI is InChI=1S/C21H26N2O/c1-16-6-11-20(17(2)14-16)22-21(24)19-9-7-18(8-10-19)15-23-12-4-3-5-13-23/h6-11,14H,3-5,12-13,15H2,1-2H3,(H,22,24). The van der Waals surface area contributed by atoms with E-state index < -0.39 is 0 Å². The molecule has 1 aliphatic heterocycles. The van der Waals surface area contributed by atoms with Crippen LogP contribution in [0.2, 0.25) is 0 Å². The fourth-order valence-electron chi connectivity index (χ4n) is 3.29. The lowest BCUT2D eigenvalue weighted by molar-refractivity contribution is 0.102. The van der Waals surface area contributed by atoms with E-state index in [9.17, 15) is 4.79 Å². The normalized spacial score (nSPS) is 15.2. The maximum Gasteiger partial charge on any atom is 0.255 e. The second-order valence-corrected chi connectivity index (χ2v) is 6.81. The van der Waals surface area contributed by atoms with Gasteiger partial charge in [0.15, 0.2) is 0 Å². The molecule has 2 aromatic rings. The van der Waals surface area contributed by atoms with Crippen LogP contribution < -0.4 is 5.32 Å². The molecule has 2 aromatic carbocycles. The Morgan fingerprint density at radius 3 is 2.38 bits per heavy atom. The first-order valence-electron chi connectivity index (χ1n) is 8.82. The summed E-state index contributed by atoms with van der Waals surface area (Å²) in [5.74, 6) is -0.0496. The molecule has 1 heterocycles. The molecular formula is C21H26N2O. The molecule has 24 heavy (non-hydrogen) atoms.